The van der Waals surface area contributed by atoms with Gasteiger partial charge in [0.25, 0.3) is 0 Å². The molecule has 1 fully saturated rings. The second kappa shape index (κ2) is 4.28. The fourth-order valence-electron chi connectivity index (χ4n) is 1.19. The van der Waals surface area contributed by atoms with Gasteiger partial charge in [0.05, 0.1) is 0 Å². The Morgan fingerprint density at radius 2 is 2.00 bits per heavy atom. The van der Waals surface area contributed by atoms with Crippen molar-refractivity contribution in [2.45, 2.75) is 6.92 Å². The predicted octanol–water partition coefficient (Wildman–Crippen LogP) is 3.17. The number of hydrogen-bond donors (Lipinski definition) is 1. The van der Waals surface area contributed by atoms with Crippen molar-refractivity contribution < 1.29 is 5.11 Å². The Hall–Kier alpha value is -0.610. The molecular formula is C10H11NOS2. The maximum atomic E-state index is 9.57. The number of aromatic hydroxyl groups is 1. The third-order valence-corrected chi connectivity index (χ3v) is 4.34. The summed E-state index contributed by atoms with van der Waals surface area (Å²) in [6.45, 7) is 2.00. The Morgan fingerprint density at radius 1 is 1.29 bits per heavy atom. The van der Waals surface area contributed by atoms with E-state index in [4.69, 9.17) is 0 Å². The lowest BCUT2D eigenvalue weighted by Crippen LogP contribution is -1.78. The van der Waals surface area contributed by atoms with Crippen LogP contribution in [0.15, 0.2) is 23.2 Å². The van der Waals surface area contributed by atoms with Gasteiger partial charge in [0.2, 0.25) is 0 Å². The van der Waals surface area contributed by atoms with Crippen LogP contribution in [0.25, 0.3) is 0 Å². The zero-order chi connectivity index (χ0) is 9.97. The fourth-order valence-corrected chi connectivity index (χ4v) is 3.36. The summed E-state index contributed by atoms with van der Waals surface area (Å²) in [4.78, 5) is 4.41. The van der Waals surface area contributed by atoms with Gasteiger partial charge in [-0.3, -0.25) is 0 Å². The number of aryl methyl sites for hydroxylation is 1. The van der Waals surface area contributed by atoms with Crippen LogP contribution in [0.5, 0.6) is 5.75 Å². The van der Waals surface area contributed by atoms with Crippen LogP contribution in [0.1, 0.15) is 5.56 Å². The summed E-state index contributed by atoms with van der Waals surface area (Å²) < 4.78 is 1.06. The van der Waals surface area contributed by atoms with Gasteiger partial charge in [-0.15, -0.1) is 0 Å². The van der Waals surface area contributed by atoms with Crippen molar-refractivity contribution in [3.8, 4) is 5.75 Å². The van der Waals surface area contributed by atoms with Crippen molar-refractivity contribution in [1.29, 1.82) is 0 Å². The predicted molar refractivity (Wildman–Crippen MR) is 64.9 cm³/mol. The molecule has 0 atom stereocenters. The Bertz CT molecular complexity index is 368. The number of thioether (sulfide) groups is 2. The summed E-state index contributed by atoms with van der Waals surface area (Å²) in [7, 11) is 0. The highest BCUT2D eigenvalue weighted by molar-refractivity contribution is 8.41. The molecule has 14 heavy (non-hydrogen) atoms. The van der Waals surface area contributed by atoms with E-state index in [1.165, 1.54) is 0 Å². The highest BCUT2D eigenvalue weighted by Crippen LogP contribution is 2.33. The molecule has 0 radical (unpaired) electrons. The Kier molecular flexibility index (Phi) is 3.03. The van der Waals surface area contributed by atoms with Crippen molar-refractivity contribution in [2.75, 3.05) is 11.5 Å². The highest BCUT2D eigenvalue weighted by atomic mass is 32.2. The Morgan fingerprint density at radius 3 is 2.71 bits per heavy atom. The summed E-state index contributed by atoms with van der Waals surface area (Å²) in [5, 5.41) is 9.57. The average molecular weight is 225 g/mol. The lowest BCUT2D eigenvalue weighted by atomic mass is 10.2. The topological polar surface area (TPSA) is 32.6 Å². The van der Waals surface area contributed by atoms with E-state index in [0.29, 0.717) is 5.69 Å². The molecule has 1 aliphatic rings. The van der Waals surface area contributed by atoms with E-state index in [1.807, 2.05) is 19.1 Å². The molecule has 4 heteroatoms. The van der Waals surface area contributed by atoms with E-state index in [2.05, 4.69) is 4.99 Å². The summed E-state index contributed by atoms with van der Waals surface area (Å²) in [6, 6.07) is 5.48. The van der Waals surface area contributed by atoms with Gasteiger partial charge >= 0.3 is 0 Å². The third kappa shape index (κ3) is 2.25. The number of phenolic OH excluding ortho intramolecular Hbond substituents is 1. The SMILES string of the molecule is Cc1ccc(O)c(N=C2SCCS2)c1. The molecule has 0 spiro atoms. The second-order valence-corrected chi connectivity index (χ2v) is 5.49. The summed E-state index contributed by atoms with van der Waals surface area (Å²) in [5.41, 5.74) is 1.80. The van der Waals surface area contributed by atoms with Gasteiger partial charge in [0.1, 0.15) is 15.8 Å². The molecule has 0 bridgehead atoms. The molecule has 1 aromatic carbocycles. The second-order valence-electron chi connectivity index (χ2n) is 3.07. The lowest BCUT2D eigenvalue weighted by molar-refractivity contribution is 0.477. The first-order valence-electron chi connectivity index (χ1n) is 4.39. The number of rotatable bonds is 1. The summed E-state index contributed by atoms with van der Waals surface area (Å²) in [6.07, 6.45) is 0. The van der Waals surface area contributed by atoms with E-state index in [0.717, 1.165) is 21.4 Å². The van der Waals surface area contributed by atoms with E-state index >= 15 is 0 Å². The van der Waals surface area contributed by atoms with Crippen molar-refractivity contribution in [3.63, 3.8) is 0 Å². The van der Waals surface area contributed by atoms with Crippen LogP contribution in [0, 0.1) is 6.92 Å². The maximum absolute atomic E-state index is 9.57. The normalized spacial score (nSPS) is 15.9. The molecule has 1 aromatic rings. The van der Waals surface area contributed by atoms with Gasteiger partial charge in [0, 0.05) is 11.5 Å². The van der Waals surface area contributed by atoms with Gasteiger partial charge in [0.15, 0.2) is 0 Å². The highest BCUT2D eigenvalue weighted by Gasteiger charge is 2.10. The van der Waals surface area contributed by atoms with E-state index in [-0.39, 0.29) is 5.75 Å². The minimum Gasteiger partial charge on any atom is -0.506 e. The number of phenols is 1. The molecular weight excluding hydrogens is 214 g/mol. The quantitative estimate of drug-likeness (QED) is 0.796. The molecule has 1 N–H and O–H groups in total. The van der Waals surface area contributed by atoms with Gasteiger partial charge in [-0.2, -0.15) is 0 Å². The van der Waals surface area contributed by atoms with Gasteiger partial charge in [-0.05, 0) is 24.6 Å². The molecule has 0 saturated carbocycles. The van der Waals surface area contributed by atoms with Crippen molar-refractivity contribution >= 4 is 33.6 Å². The summed E-state index contributed by atoms with van der Waals surface area (Å²) in [5.74, 6) is 2.50. The molecule has 0 unspecified atom stereocenters. The van der Waals surface area contributed by atoms with Crippen molar-refractivity contribution in [2.24, 2.45) is 4.99 Å². The van der Waals surface area contributed by atoms with Crippen LogP contribution in [-0.2, 0) is 0 Å². The zero-order valence-corrected chi connectivity index (χ0v) is 9.49. The van der Waals surface area contributed by atoms with E-state index in [1.54, 1.807) is 29.6 Å². The number of benzene rings is 1. The molecule has 2 nitrogen and oxygen atoms in total. The molecule has 1 heterocycles. The van der Waals surface area contributed by atoms with Crippen molar-refractivity contribution in [3.05, 3.63) is 23.8 Å². The Balaban J connectivity index is 2.31. The number of nitrogens with zero attached hydrogens (tertiary/aromatic N) is 1. The van der Waals surface area contributed by atoms with Crippen LogP contribution in [0.4, 0.5) is 5.69 Å². The lowest BCUT2D eigenvalue weighted by Gasteiger charge is -2.01. The molecule has 1 saturated heterocycles. The molecule has 1 aliphatic heterocycles. The largest absolute Gasteiger partial charge is 0.506 e. The van der Waals surface area contributed by atoms with Crippen LogP contribution in [-0.4, -0.2) is 21.0 Å². The molecule has 74 valence electrons. The van der Waals surface area contributed by atoms with Crippen LogP contribution < -0.4 is 0 Å². The molecule has 0 amide bonds. The minimum absolute atomic E-state index is 0.260. The summed E-state index contributed by atoms with van der Waals surface area (Å²) >= 11 is 3.51. The standard InChI is InChI=1S/C10H11NOS2/c1-7-2-3-9(12)8(6-7)11-10-13-4-5-14-10/h2-3,6,12H,4-5H2,1H3. The first-order valence-corrected chi connectivity index (χ1v) is 6.37. The Labute approximate surface area is 91.8 Å². The van der Waals surface area contributed by atoms with Crippen LogP contribution in [0.2, 0.25) is 0 Å². The van der Waals surface area contributed by atoms with Gasteiger partial charge in [-0.25, -0.2) is 4.99 Å². The molecule has 0 aliphatic carbocycles. The first-order chi connectivity index (χ1) is 6.75. The number of aliphatic imine (C=N–C) groups is 1. The van der Waals surface area contributed by atoms with Crippen LogP contribution >= 0.6 is 23.5 Å². The first kappa shape index (κ1) is 9.93. The maximum Gasteiger partial charge on any atom is 0.141 e. The molecule has 0 aromatic heterocycles. The number of hydrogen-bond acceptors (Lipinski definition) is 4. The van der Waals surface area contributed by atoms with E-state index < -0.39 is 0 Å². The van der Waals surface area contributed by atoms with Gasteiger partial charge in [-0.1, -0.05) is 29.6 Å². The molecule has 2 rings (SSSR count). The van der Waals surface area contributed by atoms with Crippen molar-refractivity contribution in [1.82, 2.24) is 0 Å². The van der Waals surface area contributed by atoms with E-state index in [9.17, 15) is 5.11 Å². The van der Waals surface area contributed by atoms with Crippen LogP contribution in [0.3, 0.4) is 0 Å². The zero-order valence-electron chi connectivity index (χ0n) is 7.86. The third-order valence-electron chi connectivity index (χ3n) is 1.88. The smallest absolute Gasteiger partial charge is 0.141 e. The average Bonchev–Trinajstić information content (AvgIpc) is 2.64. The van der Waals surface area contributed by atoms with Gasteiger partial charge < -0.3 is 5.11 Å². The monoisotopic (exact) mass is 225 g/mol. The fraction of sp³-hybridized carbons (Fsp3) is 0.300. The minimum atomic E-state index is 0.260.